The Morgan fingerprint density at radius 1 is 0.797 bits per heavy atom. The van der Waals surface area contributed by atoms with Crippen LogP contribution >= 0.6 is 0 Å². The monoisotopic (exact) mass is 835 g/mol. The van der Waals surface area contributed by atoms with Crippen LogP contribution in [0.2, 0.25) is 0 Å². The number of amides is 5. The molecule has 3 saturated carbocycles. The van der Waals surface area contributed by atoms with Gasteiger partial charge in [-0.3, -0.25) is 24.0 Å². The Morgan fingerprint density at radius 3 is 2.07 bits per heavy atom. The van der Waals surface area contributed by atoms with Crippen LogP contribution in [-0.4, -0.2) is 118 Å². The number of likely N-dealkylation sites (N-methyl/N-ethyl adjacent to an activating group) is 1. The summed E-state index contributed by atoms with van der Waals surface area (Å²) in [6.45, 7) is 11.0. The number of fused-ring (bicyclic) bond motifs is 2. The lowest BCUT2D eigenvalue weighted by Crippen LogP contribution is -2.60. The predicted octanol–water partition coefficient (Wildman–Crippen LogP) is 2.72. The largest absolute Gasteiger partial charge is 0.381 e. The molecule has 3 fully saturated rings. The summed E-state index contributed by atoms with van der Waals surface area (Å²) in [7, 11) is 1.67. The van der Waals surface area contributed by atoms with Crippen molar-refractivity contribution in [3.05, 3.63) is 0 Å². The molecular weight excluding hydrogens is 753 g/mol. The number of nitrogens with one attached hydrogen (secondary N) is 4. The van der Waals surface area contributed by atoms with Crippen molar-refractivity contribution >= 4 is 29.5 Å². The minimum atomic E-state index is -1.05. The fourth-order valence-electron chi connectivity index (χ4n) is 9.47. The van der Waals surface area contributed by atoms with E-state index < -0.39 is 47.9 Å². The maximum Gasteiger partial charge on any atom is 0.243 e. The molecule has 0 spiro atoms. The zero-order valence-corrected chi connectivity index (χ0v) is 37.2. The topological polar surface area (TPSA) is 233 Å². The van der Waals surface area contributed by atoms with Crippen molar-refractivity contribution in [1.82, 2.24) is 26.2 Å². The smallest absolute Gasteiger partial charge is 0.243 e. The van der Waals surface area contributed by atoms with Crippen LogP contribution in [0.15, 0.2) is 0 Å². The van der Waals surface area contributed by atoms with E-state index in [-0.39, 0.29) is 42.8 Å². The summed E-state index contributed by atoms with van der Waals surface area (Å²) in [5.74, 6) is -1.07. The van der Waals surface area contributed by atoms with Crippen LogP contribution in [0.5, 0.6) is 0 Å². The Kier molecular flexibility index (Phi) is 23.3. The molecule has 0 aromatic heterocycles. The minimum Gasteiger partial charge on any atom is -0.381 e. The number of ether oxygens (including phenoxy) is 2. The standard InChI is InChI=1S/C44H82N8O7/c1-6-13-37(42(55)51-39(35-14-9-7-8-10-15-35)43(56)50-36(26-46)40(47)53)52(5)44(57)31(4)38(25-34-23-32-16-17-33(22-32)24-34)59-28-30(3)49-41(54)29(2)27-58-21-12-20-48-19-11-18-45/h29-39,48H,6-28,45-46H2,1-5H3,(H2,47,53)(H,49,54)(H,50,56)(H,51,55)/t29-,30+,31+,32-,33+,34-,36-,37-,38+,39-/m0/s1. The van der Waals surface area contributed by atoms with Crippen molar-refractivity contribution in [2.45, 2.75) is 161 Å². The first kappa shape index (κ1) is 50.5. The molecule has 0 saturated heterocycles. The van der Waals surface area contributed by atoms with Crippen LogP contribution in [0.1, 0.15) is 130 Å². The number of hydrogen-bond donors (Lipinski definition) is 7. The van der Waals surface area contributed by atoms with Gasteiger partial charge in [0.25, 0.3) is 0 Å². The van der Waals surface area contributed by atoms with Gasteiger partial charge in [0.05, 0.1) is 31.2 Å². The molecule has 3 aliphatic rings. The molecule has 10 N–H and O–H groups in total. The summed E-state index contributed by atoms with van der Waals surface area (Å²) >= 11 is 0. The van der Waals surface area contributed by atoms with Gasteiger partial charge < -0.3 is 52.8 Å². The summed E-state index contributed by atoms with van der Waals surface area (Å²) in [4.78, 5) is 69.0. The van der Waals surface area contributed by atoms with Crippen LogP contribution in [0, 0.1) is 35.5 Å². The number of nitrogens with two attached hydrogens (primary N) is 3. The number of carbonyl (C=O) groups excluding carboxylic acids is 5. The normalized spacial score (nSPS) is 23.1. The molecule has 0 unspecified atom stereocenters. The second-order valence-electron chi connectivity index (χ2n) is 18.1. The number of carbonyl (C=O) groups is 5. The molecule has 3 rings (SSSR count). The third-order valence-corrected chi connectivity index (χ3v) is 13.0. The summed E-state index contributed by atoms with van der Waals surface area (Å²) in [6.07, 6.45) is 14.7. The maximum absolute atomic E-state index is 14.5. The van der Waals surface area contributed by atoms with Crippen molar-refractivity contribution in [2.75, 3.05) is 53.0 Å². The number of primary amides is 1. The SMILES string of the molecule is CCC[C@@H](C(=O)N[C@H](C(=O)N[C@@H](CN)C(N)=O)C1CCCCCC1)N(C)C(=O)[C@H](C)[C@@H](C[C@@H]1C[C@@H]2CC[C@@H](C2)C1)OC[C@@H](C)NC(=O)[C@@H](C)COCCCNCCCN. The van der Waals surface area contributed by atoms with Gasteiger partial charge >= 0.3 is 0 Å². The lowest BCUT2D eigenvalue weighted by molar-refractivity contribution is -0.147. The molecule has 340 valence electrons. The van der Waals surface area contributed by atoms with Gasteiger partial charge in [-0.25, -0.2) is 0 Å². The summed E-state index contributed by atoms with van der Waals surface area (Å²) < 4.78 is 12.4. The van der Waals surface area contributed by atoms with Gasteiger partial charge in [-0.05, 0) is 108 Å². The molecule has 0 aromatic rings. The first-order chi connectivity index (χ1) is 28.3. The number of hydrogen-bond acceptors (Lipinski definition) is 10. The van der Waals surface area contributed by atoms with Gasteiger partial charge in [0.1, 0.15) is 18.1 Å². The van der Waals surface area contributed by atoms with E-state index in [1.165, 1.54) is 24.2 Å². The third-order valence-electron chi connectivity index (χ3n) is 13.0. The van der Waals surface area contributed by atoms with Crippen LogP contribution in [0.4, 0.5) is 0 Å². The highest BCUT2D eigenvalue weighted by Crippen LogP contribution is 2.46. The Morgan fingerprint density at radius 2 is 1.46 bits per heavy atom. The van der Waals surface area contributed by atoms with Crippen LogP contribution in [-0.2, 0) is 33.4 Å². The van der Waals surface area contributed by atoms with Crippen molar-refractivity contribution in [2.24, 2.45) is 52.7 Å². The van der Waals surface area contributed by atoms with Crippen LogP contribution in [0.3, 0.4) is 0 Å². The molecular formula is C44H82N8O7. The van der Waals surface area contributed by atoms with Crippen molar-refractivity contribution in [3.8, 4) is 0 Å². The molecule has 0 aliphatic heterocycles. The van der Waals surface area contributed by atoms with Gasteiger partial charge in [0.2, 0.25) is 29.5 Å². The lowest BCUT2D eigenvalue weighted by atomic mass is 9.77. The van der Waals surface area contributed by atoms with E-state index in [4.69, 9.17) is 26.7 Å². The minimum absolute atomic E-state index is 0.108. The Bertz CT molecular complexity index is 1270. The zero-order valence-electron chi connectivity index (χ0n) is 37.2. The van der Waals surface area contributed by atoms with E-state index in [9.17, 15) is 24.0 Å². The number of rotatable bonds is 28. The lowest BCUT2D eigenvalue weighted by Gasteiger charge is -2.36. The van der Waals surface area contributed by atoms with Gasteiger partial charge in [0.15, 0.2) is 0 Å². The first-order valence-electron chi connectivity index (χ1n) is 23.1. The average Bonchev–Trinajstić information content (AvgIpc) is 3.37. The van der Waals surface area contributed by atoms with E-state index >= 15 is 0 Å². The van der Waals surface area contributed by atoms with Gasteiger partial charge in [0, 0.05) is 26.2 Å². The summed E-state index contributed by atoms with van der Waals surface area (Å²) in [6, 6.07) is -3.06. The fraction of sp³-hybridized carbons (Fsp3) is 0.886. The molecule has 10 atom stereocenters. The van der Waals surface area contributed by atoms with Gasteiger partial charge in [-0.15, -0.1) is 0 Å². The van der Waals surface area contributed by atoms with E-state index in [1.807, 2.05) is 27.7 Å². The van der Waals surface area contributed by atoms with Crippen LogP contribution in [0.25, 0.3) is 0 Å². The highest BCUT2D eigenvalue weighted by atomic mass is 16.5. The molecule has 0 radical (unpaired) electrons. The molecule has 2 bridgehead atoms. The summed E-state index contributed by atoms with van der Waals surface area (Å²) in [5, 5.41) is 12.1. The maximum atomic E-state index is 14.5. The third kappa shape index (κ3) is 17.2. The second kappa shape index (κ2) is 27.2. The highest BCUT2D eigenvalue weighted by Gasteiger charge is 2.40. The molecule has 59 heavy (non-hydrogen) atoms. The molecule has 3 aliphatic carbocycles. The van der Waals surface area contributed by atoms with E-state index in [0.29, 0.717) is 38.5 Å². The Labute approximate surface area is 354 Å². The highest BCUT2D eigenvalue weighted by molar-refractivity contribution is 5.94. The molecule has 0 heterocycles. The Balaban J connectivity index is 1.68. The predicted molar refractivity (Wildman–Crippen MR) is 231 cm³/mol. The molecule has 15 heteroatoms. The Hall–Kier alpha value is -2.85. The fourth-order valence-corrected chi connectivity index (χ4v) is 9.47. The van der Waals surface area contributed by atoms with Crippen molar-refractivity contribution in [3.63, 3.8) is 0 Å². The number of nitrogens with zero attached hydrogens (tertiary/aromatic N) is 1. The second-order valence-corrected chi connectivity index (χ2v) is 18.1. The van der Waals surface area contributed by atoms with Crippen molar-refractivity contribution < 1.29 is 33.4 Å². The van der Waals surface area contributed by atoms with Crippen LogP contribution < -0.4 is 38.5 Å². The van der Waals surface area contributed by atoms with E-state index in [2.05, 4.69) is 21.3 Å². The molecule has 5 amide bonds. The zero-order chi connectivity index (χ0) is 43.3. The van der Waals surface area contributed by atoms with Gasteiger partial charge in [-0.1, -0.05) is 65.7 Å². The average molecular weight is 835 g/mol. The summed E-state index contributed by atoms with van der Waals surface area (Å²) in [5.41, 5.74) is 16.8. The van der Waals surface area contributed by atoms with Crippen molar-refractivity contribution in [1.29, 1.82) is 0 Å². The van der Waals surface area contributed by atoms with E-state index in [1.54, 1.807) is 7.05 Å². The van der Waals surface area contributed by atoms with Gasteiger partial charge in [-0.2, -0.15) is 0 Å². The first-order valence-corrected chi connectivity index (χ1v) is 23.1. The van der Waals surface area contributed by atoms with E-state index in [0.717, 1.165) is 95.6 Å². The molecule has 0 aromatic carbocycles. The quantitative estimate of drug-likeness (QED) is 0.0450. The molecule has 15 nitrogen and oxygen atoms in total.